The van der Waals surface area contributed by atoms with E-state index in [1.54, 1.807) is 0 Å². The Labute approximate surface area is 123 Å². The summed E-state index contributed by atoms with van der Waals surface area (Å²) in [5, 5.41) is 29.9. The molecule has 0 fully saturated rings. The Morgan fingerprint density at radius 3 is 2.64 bits per heavy atom. The zero-order chi connectivity index (χ0) is 16.4. The number of nitro benzene ring substituents is 1. The highest BCUT2D eigenvalue weighted by Crippen LogP contribution is 2.40. The summed E-state index contributed by atoms with van der Waals surface area (Å²) in [6, 6.07) is 4.14. The number of benzene rings is 1. The van der Waals surface area contributed by atoms with Gasteiger partial charge in [0.05, 0.1) is 17.7 Å². The number of ether oxygens (including phenoxy) is 1. The predicted molar refractivity (Wildman–Crippen MR) is 75.9 cm³/mol. The smallest absolute Gasteiger partial charge is 0.315 e. The highest BCUT2D eigenvalue weighted by atomic mass is 16.6. The van der Waals surface area contributed by atoms with Gasteiger partial charge < -0.3 is 21.3 Å². The molecule has 2 aromatic rings. The van der Waals surface area contributed by atoms with Gasteiger partial charge in [0.1, 0.15) is 17.5 Å². The fourth-order valence-electron chi connectivity index (χ4n) is 1.84. The number of nitrogens with zero attached hydrogens (tertiary/aromatic N) is 4. The van der Waals surface area contributed by atoms with E-state index in [9.17, 15) is 15.2 Å². The number of nitrogen functional groups attached to an aromatic ring is 2. The minimum Gasteiger partial charge on any atom is -0.500 e. The molecule has 1 heterocycles. The summed E-state index contributed by atoms with van der Waals surface area (Å²) < 4.78 is 4.89. The van der Waals surface area contributed by atoms with Gasteiger partial charge in [0, 0.05) is 11.6 Å². The lowest BCUT2D eigenvalue weighted by Crippen LogP contribution is -2.05. The van der Waals surface area contributed by atoms with Crippen molar-refractivity contribution in [2.24, 2.45) is 0 Å². The Balaban J connectivity index is 2.82. The van der Waals surface area contributed by atoms with Gasteiger partial charge in [0.25, 0.3) is 0 Å². The molecule has 1 aromatic heterocycles. The monoisotopic (exact) mass is 302 g/mol. The van der Waals surface area contributed by atoms with Crippen LogP contribution in [0.4, 0.5) is 17.5 Å². The van der Waals surface area contributed by atoms with Gasteiger partial charge in [-0.25, -0.2) is 4.98 Å². The Kier molecular flexibility index (Phi) is 3.64. The molecule has 5 N–H and O–H groups in total. The van der Waals surface area contributed by atoms with Crippen LogP contribution in [0, 0.1) is 21.4 Å². The normalized spacial score (nSPS) is 10.0. The fourth-order valence-corrected chi connectivity index (χ4v) is 1.84. The first kappa shape index (κ1) is 14.8. The Hall–Kier alpha value is -3.61. The molecule has 0 atom stereocenters. The molecule has 0 spiro atoms. The molecule has 0 bridgehead atoms. The van der Waals surface area contributed by atoms with Crippen LogP contribution in [-0.4, -0.2) is 27.1 Å². The van der Waals surface area contributed by atoms with Crippen molar-refractivity contribution >= 4 is 17.5 Å². The van der Waals surface area contributed by atoms with Crippen molar-refractivity contribution in [3.05, 3.63) is 27.8 Å². The maximum absolute atomic E-state index is 11.0. The number of nitriles is 1. The van der Waals surface area contributed by atoms with E-state index in [0.717, 1.165) is 6.07 Å². The number of nitro groups is 1. The van der Waals surface area contributed by atoms with Crippen LogP contribution >= 0.6 is 0 Å². The van der Waals surface area contributed by atoms with Gasteiger partial charge >= 0.3 is 5.69 Å². The SMILES string of the molecule is COc1cc(-c2nc(N)nc(N)c2C#N)cc([N+](=O)[O-])c1O. The largest absolute Gasteiger partial charge is 0.500 e. The third kappa shape index (κ3) is 2.38. The van der Waals surface area contributed by atoms with Gasteiger partial charge in [-0.15, -0.1) is 0 Å². The van der Waals surface area contributed by atoms with Gasteiger partial charge in [0.2, 0.25) is 11.7 Å². The predicted octanol–water partition coefficient (Wildman–Crippen LogP) is 0.802. The van der Waals surface area contributed by atoms with Crippen LogP contribution in [0.2, 0.25) is 0 Å². The van der Waals surface area contributed by atoms with Crippen molar-refractivity contribution in [1.82, 2.24) is 9.97 Å². The number of aromatic hydroxyl groups is 1. The van der Waals surface area contributed by atoms with Gasteiger partial charge in [-0.05, 0) is 6.07 Å². The highest BCUT2D eigenvalue weighted by molar-refractivity contribution is 5.77. The van der Waals surface area contributed by atoms with Crippen LogP contribution in [0.25, 0.3) is 11.3 Å². The van der Waals surface area contributed by atoms with E-state index in [2.05, 4.69) is 9.97 Å². The van der Waals surface area contributed by atoms with Crippen LogP contribution in [0.15, 0.2) is 12.1 Å². The molecule has 0 saturated carbocycles. The number of aromatic nitrogens is 2. The van der Waals surface area contributed by atoms with Crippen LogP contribution in [-0.2, 0) is 0 Å². The standard InChI is InChI=1S/C12H10N6O4/c1-22-8-3-5(2-7(10(8)19)18(20)21)9-6(4-13)11(14)17-12(15)16-9/h2-3,19H,1H3,(H4,14,15,16,17). The topological polar surface area (TPSA) is 174 Å². The molecule has 0 amide bonds. The lowest BCUT2D eigenvalue weighted by Gasteiger charge is -2.09. The summed E-state index contributed by atoms with van der Waals surface area (Å²) in [6.45, 7) is 0. The summed E-state index contributed by atoms with van der Waals surface area (Å²) in [6.07, 6.45) is 0. The first-order valence-electron chi connectivity index (χ1n) is 5.77. The number of hydrogen-bond donors (Lipinski definition) is 3. The molecule has 0 unspecified atom stereocenters. The molecule has 22 heavy (non-hydrogen) atoms. The van der Waals surface area contributed by atoms with Crippen molar-refractivity contribution in [2.75, 3.05) is 18.6 Å². The second kappa shape index (κ2) is 5.41. The molecule has 0 aliphatic carbocycles. The summed E-state index contributed by atoms with van der Waals surface area (Å²) in [5.41, 5.74) is 10.5. The van der Waals surface area contributed by atoms with Crippen LogP contribution in [0.3, 0.4) is 0 Å². The van der Waals surface area contributed by atoms with E-state index in [1.165, 1.54) is 13.2 Å². The molecule has 2 rings (SSSR count). The molecule has 0 aliphatic rings. The number of nitrogens with two attached hydrogens (primary N) is 2. The molecule has 0 aliphatic heterocycles. The third-order valence-corrected chi connectivity index (χ3v) is 2.81. The molecular formula is C12H10N6O4. The van der Waals surface area contributed by atoms with Gasteiger partial charge in [0.15, 0.2) is 5.75 Å². The van der Waals surface area contributed by atoms with Crippen molar-refractivity contribution in [3.63, 3.8) is 0 Å². The molecule has 0 saturated heterocycles. The fraction of sp³-hybridized carbons (Fsp3) is 0.0833. The average Bonchev–Trinajstić information content (AvgIpc) is 2.46. The average molecular weight is 302 g/mol. The quantitative estimate of drug-likeness (QED) is 0.546. The first-order chi connectivity index (χ1) is 10.4. The second-order valence-electron chi connectivity index (χ2n) is 4.11. The van der Waals surface area contributed by atoms with Gasteiger partial charge in [-0.2, -0.15) is 10.2 Å². The van der Waals surface area contributed by atoms with E-state index in [1.807, 2.05) is 6.07 Å². The van der Waals surface area contributed by atoms with E-state index < -0.39 is 16.4 Å². The van der Waals surface area contributed by atoms with Crippen LogP contribution < -0.4 is 16.2 Å². The summed E-state index contributed by atoms with van der Waals surface area (Å²) >= 11 is 0. The number of anilines is 2. The van der Waals surface area contributed by atoms with E-state index >= 15 is 0 Å². The number of phenolic OH excluding ortho intramolecular Hbond substituents is 1. The number of methoxy groups -OCH3 is 1. The van der Waals surface area contributed by atoms with Crippen molar-refractivity contribution < 1.29 is 14.8 Å². The Bertz CT molecular complexity index is 814. The lowest BCUT2D eigenvalue weighted by atomic mass is 10.1. The maximum Gasteiger partial charge on any atom is 0.315 e. The zero-order valence-corrected chi connectivity index (χ0v) is 11.3. The molecule has 10 nitrogen and oxygen atoms in total. The lowest BCUT2D eigenvalue weighted by molar-refractivity contribution is -0.385. The minimum absolute atomic E-state index is 0.00824. The van der Waals surface area contributed by atoms with E-state index in [-0.39, 0.29) is 34.3 Å². The molecular weight excluding hydrogens is 292 g/mol. The minimum atomic E-state index is -0.790. The molecule has 0 radical (unpaired) electrons. The summed E-state index contributed by atoms with van der Waals surface area (Å²) in [7, 11) is 1.23. The van der Waals surface area contributed by atoms with Crippen molar-refractivity contribution in [2.45, 2.75) is 0 Å². The van der Waals surface area contributed by atoms with Gasteiger partial charge in [-0.1, -0.05) is 0 Å². The third-order valence-electron chi connectivity index (χ3n) is 2.81. The number of rotatable bonds is 3. The van der Waals surface area contributed by atoms with Crippen molar-refractivity contribution in [3.8, 4) is 28.8 Å². The molecule has 112 valence electrons. The Morgan fingerprint density at radius 2 is 2.09 bits per heavy atom. The maximum atomic E-state index is 11.0. The van der Waals surface area contributed by atoms with Crippen LogP contribution in [0.5, 0.6) is 11.5 Å². The highest BCUT2D eigenvalue weighted by Gasteiger charge is 2.23. The van der Waals surface area contributed by atoms with Crippen molar-refractivity contribution in [1.29, 1.82) is 5.26 Å². The number of hydrogen-bond acceptors (Lipinski definition) is 9. The zero-order valence-electron chi connectivity index (χ0n) is 11.3. The van der Waals surface area contributed by atoms with Gasteiger partial charge in [-0.3, -0.25) is 10.1 Å². The number of phenols is 1. The van der Waals surface area contributed by atoms with E-state index in [4.69, 9.17) is 21.5 Å². The summed E-state index contributed by atoms with van der Waals surface area (Å²) in [4.78, 5) is 17.8. The first-order valence-corrected chi connectivity index (χ1v) is 5.77. The molecule has 1 aromatic carbocycles. The molecule has 10 heteroatoms. The summed E-state index contributed by atoms with van der Waals surface area (Å²) in [5.74, 6) is -1.13. The van der Waals surface area contributed by atoms with Crippen LogP contribution in [0.1, 0.15) is 5.56 Å². The van der Waals surface area contributed by atoms with E-state index in [0.29, 0.717) is 0 Å². The second-order valence-corrected chi connectivity index (χ2v) is 4.11. The Morgan fingerprint density at radius 1 is 1.41 bits per heavy atom.